The minimum Gasteiger partial charge on any atom is -0.496 e. The molecule has 0 unspecified atom stereocenters. The first kappa shape index (κ1) is 18.3. The molecule has 3 rings (SSSR count). The summed E-state index contributed by atoms with van der Waals surface area (Å²) in [6.07, 6.45) is 0. The van der Waals surface area contributed by atoms with Gasteiger partial charge >= 0.3 is 0 Å². The van der Waals surface area contributed by atoms with Crippen LogP contribution in [0.1, 0.15) is 15.9 Å². The molecule has 2 aromatic carbocycles. The van der Waals surface area contributed by atoms with Crippen LogP contribution in [0.25, 0.3) is 0 Å². The van der Waals surface area contributed by atoms with Gasteiger partial charge in [-0.1, -0.05) is 24.3 Å². The maximum atomic E-state index is 12.7. The van der Waals surface area contributed by atoms with Crippen molar-refractivity contribution in [1.82, 2.24) is 9.80 Å². The van der Waals surface area contributed by atoms with Gasteiger partial charge in [-0.3, -0.25) is 9.69 Å². The number of hydrogen-bond donors (Lipinski definition) is 0. The molecule has 26 heavy (non-hydrogen) atoms. The van der Waals surface area contributed by atoms with Crippen LogP contribution in [0.4, 0.5) is 0 Å². The van der Waals surface area contributed by atoms with Crippen molar-refractivity contribution in [1.29, 1.82) is 0 Å². The van der Waals surface area contributed by atoms with Crippen molar-refractivity contribution in [2.45, 2.75) is 6.92 Å². The van der Waals surface area contributed by atoms with Gasteiger partial charge in [0.05, 0.1) is 12.7 Å². The quantitative estimate of drug-likeness (QED) is 0.800. The number of aryl methyl sites for hydroxylation is 1. The van der Waals surface area contributed by atoms with E-state index in [2.05, 4.69) is 17.9 Å². The highest BCUT2D eigenvalue weighted by Crippen LogP contribution is 2.20. The van der Waals surface area contributed by atoms with Crippen molar-refractivity contribution in [2.75, 3.05) is 46.4 Å². The average molecular weight is 354 g/mol. The molecule has 0 atom stereocenters. The highest BCUT2D eigenvalue weighted by atomic mass is 16.5. The van der Waals surface area contributed by atoms with Crippen molar-refractivity contribution in [2.24, 2.45) is 0 Å². The second kappa shape index (κ2) is 8.72. The number of rotatable bonds is 6. The number of benzene rings is 2. The van der Waals surface area contributed by atoms with Gasteiger partial charge in [0, 0.05) is 32.7 Å². The minimum absolute atomic E-state index is 0.0399. The second-order valence-electron chi connectivity index (χ2n) is 6.50. The number of para-hydroxylation sites is 1. The summed E-state index contributed by atoms with van der Waals surface area (Å²) in [5.41, 5.74) is 1.83. The molecule has 1 fully saturated rings. The topological polar surface area (TPSA) is 42.0 Å². The van der Waals surface area contributed by atoms with Crippen LogP contribution in [-0.2, 0) is 0 Å². The molecule has 0 N–H and O–H groups in total. The van der Waals surface area contributed by atoms with Crippen LogP contribution in [0.3, 0.4) is 0 Å². The molecular weight excluding hydrogens is 328 g/mol. The number of nitrogens with zero attached hydrogens (tertiary/aromatic N) is 2. The van der Waals surface area contributed by atoms with Gasteiger partial charge in [-0.05, 0) is 36.8 Å². The van der Waals surface area contributed by atoms with Gasteiger partial charge in [-0.2, -0.15) is 0 Å². The smallest absolute Gasteiger partial charge is 0.257 e. The summed E-state index contributed by atoms with van der Waals surface area (Å²) in [6, 6.07) is 15.5. The predicted octanol–water partition coefficient (Wildman–Crippen LogP) is 2.84. The fourth-order valence-corrected chi connectivity index (χ4v) is 3.16. The summed E-state index contributed by atoms with van der Waals surface area (Å²) in [6.45, 7) is 6.75. The molecule has 0 radical (unpaired) electrons. The number of piperazine rings is 1. The van der Waals surface area contributed by atoms with Crippen molar-refractivity contribution >= 4 is 5.91 Å². The Morgan fingerprint density at radius 1 is 1.04 bits per heavy atom. The Bertz CT molecular complexity index is 740. The lowest BCUT2D eigenvalue weighted by atomic mass is 10.1. The number of methoxy groups -OCH3 is 1. The molecule has 5 heteroatoms. The molecule has 0 aliphatic carbocycles. The molecule has 138 valence electrons. The first-order valence-corrected chi connectivity index (χ1v) is 9.01. The van der Waals surface area contributed by atoms with E-state index >= 15 is 0 Å². The van der Waals surface area contributed by atoms with E-state index in [1.807, 2.05) is 47.4 Å². The average Bonchev–Trinajstić information content (AvgIpc) is 2.68. The summed E-state index contributed by atoms with van der Waals surface area (Å²) >= 11 is 0. The monoisotopic (exact) mass is 354 g/mol. The van der Waals surface area contributed by atoms with Gasteiger partial charge in [0.15, 0.2) is 0 Å². The third-order valence-corrected chi connectivity index (χ3v) is 4.66. The molecule has 5 nitrogen and oxygen atoms in total. The van der Waals surface area contributed by atoms with Crippen molar-refractivity contribution in [3.05, 3.63) is 59.7 Å². The van der Waals surface area contributed by atoms with Gasteiger partial charge in [0.25, 0.3) is 5.91 Å². The first-order valence-electron chi connectivity index (χ1n) is 9.01. The second-order valence-corrected chi connectivity index (χ2v) is 6.50. The summed E-state index contributed by atoms with van der Waals surface area (Å²) in [5.74, 6) is 1.58. The number of ether oxygens (including phenoxy) is 2. The van der Waals surface area contributed by atoms with E-state index in [1.54, 1.807) is 7.11 Å². The minimum atomic E-state index is 0.0399. The molecule has 1 saturated heterocycles. The molecule has 0 bridgehead atoms. The van der Waals surface area contributed by atoms with Gasteiger partial charge in [0.2, 0.25) is 0 Å². The highest BCUT2D eigenvalue weighted by molar-refractivity contribution is 5.97. The van der Waals surface area contributed by atoms with E-state index < -0.39 is 0 Å². The molecule has 0 saturated carbocycles. The van der Waals surface area contributed by atoms with Crippen LogP contribution < -0.4 is 9.47 Å². The van der Waals surface area contributed by atoms with Crippen molar-refractivity contribution in [3.63, 3.8) is 0 Å². The normalized spacial score (nSPS) is 14.9. The SMILES string of the molecule is COc1ccccc1C(=O)N1CCN(CCOc2cccc(C)c2)CC1. The molecule has 1 aliphatic rings. The van der Waals surface area contributed by atoms with E-state index in [4.69, 9.17) is 9.47 Å². The zero-order valence-electron chi connectivity index (χ0n) is 15.5. The van der Waals surface area contributed by atoms with Crippen molar-refractivity contribution in [3.8, 4) is 11.5 Å². The van der Waals surface area contributed by atoms with E-state index in [0.29, 0.717) is 17.9 Å². The van der Waals surface area contributed by atoms with Gasteiger partial charge in [-0.15, -0.1) is 0 Å². The van der Waals surface area contributed by atoms with E-state index in [9.17, 15) is 4.79 Å². The molecule has 0 spiro atoms. The molecule has 1 heterocycles. The standard InChI is InChI=1S/C21H26N2O3/c1-17-6-5-7-18(16-17)26-15-14-22-10-12-23(13-11-22)21(24)19-8-3-4-9-20(19)25-2/h3-9,16H,10-15H2,1-2H3. The maximum absolute atomic E-state index is 12.7. The predicted molar refractivity (Wildman–Crippen MR) is 102 cm³/mol. The fraction of sp³-hybridized carbons (Fsp3) is 0.381. The Balaban J connectivity index is 1.46. The number of carbonyl (C=O) groups excluding carboxylic acids is 1. The van der Waals surface area contributed by atoms with Crippen molar-refractivity contribution < 1.29 is 14.3 Å². The summed E-state index contributed by atoms with van der Waals surface area (Å²) in [5, 5.41) is 0. The number of amides is 1. The Morgan fingerprint density at radius 3 is 2.54 bits per heavy atom. The highest BCUT2D eigenvalue weighted by Gasteiger charge is 2.23. The number of hydrogen-bond acceptors (Lipinski definition) is 4. The van der Waals surface area contributed by atoms with Crippen LogP contribution in [0, 0.1) is 6.92 Å². The number of carbonyl (C=O) groups is 1. The van der Waals surface area contributed by atoms with Crippen LogP contribution in [-0.4, -0.2) is 62.1 Å². The third kappa shape index (κ3) is 4.55. The summed E-state index contributed by atoms with van der Waals surface area (Å²) in [4.78, 5) is 17.0. The molecule has 0 aromatic heterocycles. The van der Waals surface area contributed by atoms with Gasteiger partial charge in [-0.25, -0.2) is 0 Å². The van der Waals surface area contributed by atoms with Crippen LogP contribution in [0.2, 0.25) is 0 Å². The van der Waals surface area contributed by atoms with Crippen LogP contribution in [0.5, 0.6) is 11.5 Å². The largest absolute Gasteiger partial charge is 0.496 e. The van der Waals surface area contributed by atoms with E-state index in [1.165, 1.54) is 5.56 Å². The molecule has 1 amide bonds. The van der Waals surface area contributed by atoms with E-state index in [0.717, 1.165) is 38.5 Å². The third-order valence-electron chi connectivity index (χ3n) is 4.66. The zero-order valence-corrected chi connectivity index (χ0v) is 15.5. The first-order chi connectivity index (χ1) is 12.7. The van der Waals surface area contributed by atoms with Gasteiger partial charge < -0.3 is 14.4 Å². The zero-order chi connectivity index (χ0) is 18.4. The summed E-state index contributed by atoms with van der Waals surface area (Å²) in [7, 11) is 1.60. The molecular formula is C21H26N2O3. The Morgan fingerprint density at radius 2 is 1.81 bits per heavy atom. The Labute approximate surface area is 155 Å². The van der Waals surface area contributed by atoms with E-state index in [-0.39, 0.29) is 5.91 Å². The molecule has 2 aromatic rings. The molecule has 1 aliphatic heterocycles. The lowest BCUT2D eigenvalue weighted by Crippen LogP contribution is -2.49. The summed E-state index contributed by atoms with van der Waals surface area (Å²) < 4.78 is 11.1. The Kier molecular flexibility index (Phi) is 6.12. The lowest BCUT2D eigenvalue weighted by Gasteiger charge is -2.34. The maximum Gasteiger partial charge on any atom is 0.257 e. The van der Waals surface area contributed by atoms with Crippen LogP contribution >= 0.6 is 0 Å². The lowest BCUT2D eigenvalue weighted by molar-refractivity contribution is 0.0617. The van der Waals surface area contributed by atoms with Crippen LogP contribution in [0.15, 0.2) is 48.5 Å². The fourth-order valence-electron chi connectivity index (χ4n) is 3.16. The van der Waals surface area contributed by atoms with Gasteiger partial charge in [0.1, 0.15) is 18.1 Å². The Hall–Kier alpha value is -2.53.